The summed E-state index contributed by atoms with van der Waals surface area (Å²) >= 11 is 0. The first-order valence-corrected chi connectivity index (χ1v) is 10.3. The highest BCUT2D eigenvalue weighted by Gasteiger charge is 2.30. The molecule has 7 heteroatoms. The first kappa shape index (κ1) is 23.9. The quantitative estimate of drug-likeness (QED) is 0.569. The van der Waals surface area contributed by atoms with E-state index in [0.29, 0.717) is 6.42 Å². The van der Waals surface area contributed by atoms with Crippen LogP contribution >= 0.6 is 0 Å². The van der Waals surface area contributed by atoms with Crippen LogP contribution in [0.25, 0.3) is 0 Å². The molecule has 0 saturated carbocycles. The molecule has 166 valence electrons. The van der Waals surface area contributed by atoms with E-state index < -0.39 is 30.1 Å². The van der Waals surface area contributed by atoms with E-state index in [1.807, 2.05) is 74.5 Å². The van der Waals surface area contributed by atoms with Crippen molar-refractivity contribution in [2.75, 3.05) is 7.11 Å². The fourth-order valence-electron chi connectivity index (χ4n) is 3.04. The SMILES string of the molecule is CC[C@H](C)[C@@H](NC(=O)OCc1ccccc1)C(=O)N[C@@H](Cc1ccccc1)C(=O)OC. The van der Waals surface area contributed by atoms with Crippen molar-refractivity contribution in [2.45, 2.75) is 45.4 Å². The van der Waals surface area contributed by atoms with Crippen LogP contribution in [-0.4, -0.2) is 37.2 Å². The maximum Gasteiger partial charge on any atom is 0.408 e. The van der Waals surface area contributed by atoms with Crippen molar-refractivity contribution in [3.8, 4) is 0 Å². The van der Waals surface area contributed by atoms with Gasteiger partial charge in [-0.1, -0.05) is 80.9 Å². The van der Waals surface area contributed by atoms with E-state index in [9.17, 15) is 14.4 Å². The number of carbonyl (C=O) groups is 3. The van der Waals surface area contributed by atoms with Crippen LogP contribution in [0.3, 0.4) is 0 Å². The Bertz CT molecular complexity index is 842. The fraction of sp³-hybridized carbons (Fsp3) is 0.375. The monoisotopic (exact) mass is 426 g/mol. The number of ether oxygens (including phenoxy) is 2. The zero-order chi connectivity index (χ0) is 22.6. The third-order valence-corrected chi connectivity index (χ3v) is 5.07. The van der Waals surface area contributed by atoms with Gasteiger partial charge in [0.05, 0.1) is 7.11 Å². The van der Waals surface area contributed by atoms with Gasteiger partial charge in [-0.15, -0.1) is 0 Å². The Kier molecular flexibility index (Phi) is 9.55. The third-order valence-electron chi connectivity index (χ3n) is 5.07. The van der Waals surface area contributed by atoms with Crippen molar-refractivity contribution in [3.05, 3.63) is 71.8 Å². The largest absolute Gasteiger partial charge is 0.467 e. The van der Waals surface area contributed by atoms with E-state index in [1.165, 1.54) is 7.11 Å². The second kappa shape index (κ2) is 12.4. The summed E-state index contributed by atoms with van der Waals surface area (Å²) in [4.78, 5) is 37.5. The Morgan fingerprint density at radius 1 is 0.903 bits per heavy atom. The number of methoxy groups -OCH3 is 1. The summed E-state index contributed by atoms with van der Waals surface area (Å²) < 4.78 is 10.1. The van der Waals surface area contributed by atoms with Crippen molar-refractivity contribution < 1.29 is 23.9 Å². The molecule has 2 aromatic carbocycles. The molecular formula is C24H30N2O5. The lowest BCUT2D eigenvalue weighted by Gasteiger charge is -2.25. The zero-order valence-corrected chi connectivity index (χ0v) is 18.2. The lowest BCUT2D eigenvalue weighted by Crippen LogP contribution is -2.54. The summed E-state index contributed by atoms with van der Waals surface area (Å²) in [5.74, 6) is -1.18. The third kappa shape index (κ3) is 7.77. The molecule has 2 amide bonds. The standard InChI is InChI=1S/C24H30N2O5/c1-4-17(2)21(26-24(29)31-16-19-13-9-6-10-14-19)22(27)25-20(23(28)30-3)15-18-11-7-5-8-12-18/h5-14,17,20-21H,4,15-16H2,1-3H3,(H,25,27)(H,26,29)/t17-,20-,21+/m0/s1. The molecule has 0 unspecified atom stereocenters. The normalized spacial score (nSPS) is 13.4. The first-order valence-electron chi connectivity index (χ1n) is 10.3. The highest BCUT2D eigenvalue weighted by Crippen LogP contribution is 2.11. The van der Waals surface area contributed by atoms with Gasteiger partial charge in [0.1, 0.15) is 18.7 Å². The Balaban J connectivity index is 2.03. The van der Waals surface area contributed by atoms with Gasteiger partial charge in [-0.05, 0) is 17.0 Å². The van der Waals surface area contributed by atoms with Crippen molar-refractivity contribution >= 4 is 18.0 Å². The molecular weight excluding hydrogens is 396 g/mol. The van der Waals surface area contributed by atoms with E-state index in [-0.39, 0.29) is 18.9 Å². The van der Waals surface area contributed by atoms with Crippen LogP contribution in [0.2, 0.25) is 0 Å². The van der Waals surface area contributed by atoms with Crippen molar-refractivity contribution in [1.82, 2.24) is 10.6 Å². The molecule has 2 aromatic rings. The molecule has 0 fully saturated rings. The Morgan fingerprint density at radius 3 is 2.03 bits per heavy atom. The summed E-state index contributed by atoms with van der Waals surface area (Å²) in [7, 11) is 1.28. The average Bonchev–Trinajstić information content (AvgIpc) is 2.81. The van der Waals surface area contributed by atoms with Gasteiger partial charge in [0.15, 0.2) is 0 Å². The van der Waals surface area contributed by atoms with Crippen LogP contribution in [0.5, 0.6) is 0 Å². The van der Waals surface area contributed by atoms with Gasteiger partial charge in [0.2, 0.25) is 5.91 Å². The molecule has 0 saturated heterocycles. The maximum absolute atomic E-state index is 13.0. The summed E-state index contributed by atoms with van der Waals surface area (Å²) in [6.45, 7) is 3.87. The highest BCUT2D eigenvalue weighted by molar-refractivity contribution is 5.90. The smallest absolute Gasteiger partial charge is 0.408 e. The lowest BCUT2D eigenvalue weighted by molar-refractivity contribution is -0.145. The minimum absolute atomic E-state index is 0.0975. The number of benzene rings is 2. The van der Waals surface area contributed by atoms with Crippen LogP contribution in [0, 0.1) is 5.92 Å². The zero-order valence-electron chi connectivity index (χ0n) is 18.2. The van der Waals surface area contributed by atoms with E-state index >= 15 is 0 Å². The summed E-state index contributed by atoms with van der Waals surface area (Å²) in [6, 6.07) is 16.9. The number of nitrogens with one attached hydrogen (secondary N) is 2. The van der Waals surface area contributed by atoms with Gasteiger partial charge in [-0.3, -0.25) is 4.79 Å². The number of rotatable bonds is 10. The number of carbonyl (C=O) groups excluding carboxylic acids is 3. The van der Waals surface area contributed by atoms with Gasteiger partial charge in [0, 0.05) is 6.42 Å². The molecule has 0 bridgehead atoms. The molecule has 0 aliphatic rings. The van der Waals surface area contributed by atoms with Crippen LogP contribution < -0.4 is 10.6 Å². The molecule has 7 nitrogen and oxygen atoms in total. The average molecular weight is 427 g/mol. The van der Waals surface area contributed by atoms with E-state index in [4.69, 9.17) is 9.47 Å². The summed E-state index contributed by atoms with van der Waals surface area (Å²) in [5.41, 5.74) is 1.73. The molecule has 0 spiro atoms. The molecule has 2 N–H and O–H groups in total. The van der Waals surface area contributed by atoms with Crippen LogP contribution in [0.1, 0.15) is 31.4 Å². The number of amides is 2. The fourth-order valence-corrected chi connectivity index (χ4v) is 3.04. The predicted molar refractivity (Wildman–Crippen MR) is 117 cm³/mol. The molecule has 31 heavy (non-hydrogen) atoms. The molecule has 3 atom stereocenters. The van der Waals surface area contributed by atoms with Crippen molar-refractivity contribution in [2.24, 2.45) is 5.92 Å². The lowest BCUT2D eigenvalue weighted by atomic mass is 9.97. The van der Waals surface area contributed by atoms with E-state index in [2.05, 4.69) is 10.6 Å². The van der Waals surface area contributed by atoms with Crippen molar-refractivity contribution in [1.29, 1.82) is 0 Å². The number of alkyl carbamates (subject to hydrolysis) is 1. The Morgan fingerprint density at radius 2 is 1.48 bits per heavy atom. The minimum atomic E-state index is -0.867. The van der Waals surface area contributed by atoms with Crippen LogP contribution in [-0.2, 0) is 32.1 Å². The van der Waals surface area contributed by atoms with Gasteiger partial charge >= 0.3 is 12.1 Å². The molecule has 0 aromatic heterocycles. The van der Waals surface area contributed by atoms with E-state index in [0.717, 1.165) is 11.1 Å². The number of hydrogen-bond acceptors (Lipinski definition) is 5. The highest BCUT2D eigenvalue weighted by atomic mass is 16.5. The molecule has 0 radical (unpaired) electrons. The molecule has 0 aliphatic heterocycles. The molecule has 0 aliphatic carbocycles. The summed E-state index contributed by atoms with van der Waals surface area (Å²) in [6.07, 6.45) is 0.241. The van der Waals surface area contributed by atoms with Crippen molar-refractivity contribution in [3.63, 3.8) is 0 Å². The Labute approximate surface area is 183 Å². The van der Waals surface area contributed by atoms with E-state index in [1.54, 1.807) is 0 Å². The van der Waals surface area contributed by atoms with Crippen LogP contribution in [0.4, 0.5) is 4.79 Å². The second-order valence-corrected chi connectivity index (χ2v) is 7.34. The molecule has 2 rings (SSSR count). The number of hydrogen-bond donors (Lipinski definition) is 2. The Hall–Kier alpha value is -3.35. The van der Waals surface area contributed by atoms with Crippen LogP contribution in [0.15, 0.2) is 60.7 Å². The number of esters is 1. The van der Waals surface area contributed by atoms with Gasteiger partial charge in [-0.25, -0.2) is 9.59 Å². The predicted octanol–water partition coefficient (Wildman–Crippen LogP) is 3.23. The maximum atomic E-state index is 13.0. The van der Waals surface area contributed by atoms with Gasteiger partial charge < -0.3 is 20.1 Å². The molecule has 0 heterocycles. The first-order chi connectivity index (χ1) is 14.9. The minimum Gasteiger partial charge on any atom is -0.467 e. The second-order valence-electron chi connectivity index (χ2n) is 7.34. The summed E-state index contributed by atoms with van der Waals surface area (Å²) in [5, 5.41) is 5.37. The topological polar surface area (TPSA) is 93.7 Å². The van der Waals surface area contributed by atoms with Gasteiger partial charge in [0.25, 0.3) is 0 Å². The van der Waals surface area contributed by atoms with Gasteiger partial charge in [-0.2, -0.15) is 0 Å².